The minimum Gasteiger partial charge on any atom is -0.480 e. The lowest BCUT2D eigenvalue weighted by atomic mass is 10.1. The average Bonchev–Trinajstić information content (AvgIpc) is 2.79. The molecule has 0 aliphatic carbocycles. The highest BCUT2D eigenvalue weighted by Crippen LogP contribution is 2.42. The van der Waals surface area contributed by atoms with Crippen molar-refractivity contribution in [3.63, 3.8) is 0 Å². The molecule has 9 heteroatoms. The molecule has 1 N–H and O–H groups in total. The van der Waals surface area contributed by atoms with Crippen LogP contribution in [-0.4, -0.2) is 33.5 Å². The highest BCUT2D eigenvalue weighted by molar-refractivity contribution is 5.85. The summed E-state index contributed by atoms with van der Waals surface area (Å²) < 4.78 is 0. The topological polar surface area (TPSA) is 127 Å². The summed E-state index contributed by atoms with van der Waals surface area (Å²) in [6, 6.07) is 1.45. The Morgan fingerprint density at radius 1 is 1.27 bits per heavy atom. The Balaban J connectivity index is 2.69. The molecule has 0 radical (unpaired) electrons. The minimum atomic E-state index is -1.14. The van der Waals surface area contributed by atoms with Crippen LogP contribution in [0.5, 0.6) is 0 Å². The third kappa shape index (κ3) is 2.69. The summed E-state index contributed by atoms with van der Waals surface area (Å²) in [4.78, 5) is 33.8. The molecule has 1 aliphatic rings. The van der Waals surface area contributed by atoms with Gasteiger partial charge in [0.1, 0.15) is 6.04 Å². The molecule has 1 fully saturated rings. The minimum absolute atomic E-state index is 0.0263. The highest BCUT2D eigenvalue weighted by atomic mass is 16.6. The second kappa shape index (κ2) is 5.58. The molecule has 118 valence electrons. The number of nitro groups is 2. The molecule has 2 atom stereocenters. The van der Waals surface area contributed by atoms with Crippen molar-refractivity contribution < 1.29 is 19.7 Å². The molecule has 0 aromatic heterocycles. The first-order chi connectivity index (χ1) is 10.2. The summed E-state index contributed by atoms with van der Waals surface area (Å²) in [7, 11) is 0. The summed E-state index contributed by atoms with van der Waals surface area (Å²) in [6.07, 6.45) is 0.289. The Kier molecular flexibility index (Phi) is 3.98. The van der Waals surface area contributed by atoms with Gasteiger partial charge in [-0.1, -0.05) is 6.92 Å². The first-order valence-electron chi connectivity index (χ1n) is 6.65. The van der Waals surface area contributed by atoms with E-state index in [-0.39, 0.29) is 24.6 Å². The molecule has 22 heavy (non-hydrogen) atoms. The van der Waals surface area contributed by atoms with Crippen LogP contribution in [0.3, 0.4) is 0 Å². The van der Waals surface area contributed by atoms with E-state index < -0.39 is 33.2 Å². The molecular weight excluding hydrogens is 294 g/mol. The van der Waals surface area contributed by atoms with Gasteiger partial charge in [0, 0.05) is 18.7 Å². The fraction of sp³-hybridized carbons (Fsp3) is 0.462. The van der Waals surface area contributed by atoms with Crippen molar-refractivity contribution >= 4 is 23.0 Å². The van der Waals surface area contributed by atoms with Gasteiger partial charge in [-0.3, -0.25) is 20.2 Å². The van der Waals surface area contributed by atoms with Crippen LogP contribution in [0, 0.1) is 33.1 Å². The predicted molar refractivity (Wildman–Crippen MR) is 77.0 cm³/mol. The van der Waals surface area contributed by atoms with E-state index >= 15 is 0 Å². The van der Waals surface area contributed by atoms with Crippen molar-refractivity contribution in [1.29, 1.82) is 0 Å². The number of hydrogen-bond donors (Lipinski definition) is 1. The molecule has 1 saturated heterocycles. The van der Waals surface area contributed by atoms with Gasteiger partial charge in [0.25, 0.3) is 11.4 Å². The van der Waals surface area contributed by atoms with Gasteiger partial charge < -0.3 is 10.0 Å². The zero-order chi connectivity index (χ0) is 16.6. The normalized spacial score (nSPS) is 20.9. The van der Waals surface area contributed by atoms with E-state index in [2.05, 4.69) is 0 Å². The molecular formula is C13H15N3O6. The Morgan fingerprint density at radius 3 is 2.18 bits per heavy atom. The zero-order valence-electron chi connectivity index (χ0n) is 12.1. The lowest BCUT2D eigenvalue weighted by molar-refractivity contribution is -0.392. The Hall–Kier alpha value is -2.71. The summed E-state index contributed by atoms with van der Waals surface area (Å²) in [5.74, 6) is -1.17. The quantitative estimate of drug-likeness (QED) is 0.666. The Morgan fingerprint density at radius 2 is 1.77 bits per heavy atom. The number of benzene rings is 1. The first-order valence-corrected chi connectivity index (χ1v) is 6.65. The van der Waals surface area contributed by atoms with E-state index in [1.54, 1.807) is 0 Å². The third-order valence-corrected chi connectivity index (χ3v) is 3.69. The van der Waals surface area contributed by atoms with Crippen LogP contribution < -0.4 is 4.90 Å². The summed E-state index contributed by atoms with van der Waals surface area (Å²) >= 11 is 0. The molecule has 1 heterocycles. The molecule has 1 unspecified atom stereocenters. The van der Waals surface area contributed by atoms with E-state index in [0.29, 0.717) is 5.56 Å². The number of anilines is 1. The smallest absolute Gasteiger partial charge is 0.326 e. The molecule has 1 aromatic carbocycles. The van der Waals surface area contributed by atoms with E-state index in [1.807, 2.05) is 6.92 Å². The van der Waals surface area contributed by atoms with Crippen LogP contribution in [-0.2, 0) is 4.79 Å². The van der Waals surface area contributed by atoms with Crippen LogP contribution >= 0.6 is 0 Å². The number of carboxylic acid groups (broad SMARTS) is 1. The number of nitrogens with zero attached hydrogens (tertiary/aromatic N) is 3. The van der Waals surface area contributed by atoms with Crippen molar-refractivity contribution in [2.75, 3.05) is 11.4 Å². The van der Waals surface area contributed by atoms with Gasteiger partial charge in [0.2, 0.25) is 0 Å². The van der Waals surface area contributed by atoms with E-state index in [0.717, 1.165) is 0 Å². The average molecular weight is 309 g/mol. The summed E-state index contributed by atoms with van der Waals surface area (Å²) in [6.45, 7) is 3.55. The standard InChI is InChI=1S/C13H15N3O6/c1-7-3-9(15(19)20)12(10(4-7)16(21)22)14-6-8(2)5-11(14)13(17)18/h3-4,8,11H,5-6H2,1-2H3,(H,17,18)/t8?,11-/m1/s1. The van der Waals surface area contributed by atoms with Crippen LogP contribution in [0.15, 0.2) is 12.1 Å². The molecule has 0 saturated carbocycles. The number of aryl methyl sites for hydroxylation is 1. The van der Waals surface area contributed by atoms with Gasteiger partial charge in [0.15, 0.2) is 5.69 Å². The van der Waals surface area contributed by atoms with Crippen molar-refractivity contribution in [3.8, 4) is 0 Å². The van der Waals surface area contributed by atoms with Crippen LogP contribution in [0.4, 0.5) is 17.1 Å². The fourth-order valence-corrected chi connectivity index (χ4v) is 2.84. The fourth-order valence-electron chi connectivity index (χ4n) is 2.84. The van der Waals surface area contributed by atoms with E-state index in [1.165, 1.54) is 24.0 Å². The number of nitro benzene ring substituents is 2. The van der Waals surface area contributed by atoms with Crippen molar-refractivity contribution in [2.45, 2.75) is 26.3 Å². The SMILES string of the molecule is Cc1cc([N+](=O)[O-])c(N2CC(C)C[C@@H]2C(=O)O)c([N+](=O)[O-])c1. The van der Waals surface area contributed by atoms with E-state index in [4.69, 9.17) is 0 Å². The number of rotatable bonds is 4. The van der Waals surface area contributed by atoms with Gasteiger partial charge in [-0.25, -0.2) is 4.79 Å². The lowest BCUT2D eigenvalue weighted by Gasteiger charge is -2.23. The van der Waals surface area contributed by atoms with Gasteiger partial charge in [-0.2, -0.15) is 0 Å². The van der Waals surface area contributed by atoms with Gasteiger partial charge in [-0.15, -0.1) is 0 Å². The zero-order valence-corrected chi connectivity index (χ0v) is 12.1. The van der Waals surface area contributed by atoms with Gasteiger partial charge >= 0.3 is 5.97 Å². The molecule has 9 nitrogen and oxygen atoms in total. The van der Waals surface area contributed by atoms with Gasteiger partial charge in [-0.05, 0) is 24.8 Å². The Labute approximate surface area is 125 Å². The van der Waals surface area contributed by atoms with Crippen LogP contribution in [0.1, 0.15) is 18.9 Å². The van der Waals surface area contributed by atoms with Gasteiger partial charge in [0.05, 0.1) is 9.85 Å². The third-order valence-electron chi connectivity index (χ3n) is 3.69. The Bertz CT molecular complexity index is 624. The highest BCUT2D eigenvalue weighted by Gasteiger charge is 2.41. The number of aliphatic carboxylic acids is 1. The second-order valence-corrected chi connectivity index (χ2v) is 5.51. The molecule has 0 bridgehead atoms. The molecule has 1 aromatic rings. The van der Waals surface area contributed by atoms with Crippen LogP contribution in [0.2, 0.25) is 0 Å². The largest absolute Gasteiger partial charge is 0.480 e. The first kappa shape index (κ1) is 15.7. The molecule has 1 aliphatic heterocycles. The number of hydrogen-bond acceptors (Lipinski definition) is 6. The number of carbonyl (C=O) groups is 1. The van der Waals surface area contributed by atoms with Crippen molar-refractivity contribution in [1.82, 2.24) is 0 Å². The monoisotopic (exact) mass is 309 g/mol. The van der Waals surface area contributed by atoms with Crippen molar-refractivity contribution in [2.24, 2.45) is 5.92 Å². The second-order valence-electron chi connectivity index (χ2n) is 5.51. The maximum absolute atomic E-state index is 11.4. The maximum atomic E-state index is 11.4. The van der Waals surface area contributed by atoms with Crippen LogP contribution in [0.25, 0.3) is 0 Å². The predicted octanol–water partition coefficient (Wildman–Crippen LogP) is 2.11. The molecule has 0 amide bonds. The van der Waals surface area contributed by atoms with E-state index in [9.17, 15) is 30.1 Å². The summed E-state index contributed by atoms with van der Waals surface area (Å²) in [5, 5.41) is 31.8. The molecule has 0 spiro atoms. The summed E-state index contributed by atoms with van der Waals surface area (Å²) in [5.41, 5.74) is -0.724. The van der Waals surface area contributed by atoms with Crippen molar-refractivity contribution in [3.05, 3.63) is 37.9 Å². The maximum Gasteiger partial charge on any atom is 0.326 e. The number of carboxylic acids is 1. The molecule has 2 rings (SSSR count). The lowest BCUT2D eigenvalue weighted by Crippen LogP contribution is -2.36.